The highest BCUT2D eigenvalue weighted by Gasteiger charge is 2.53. The van der Waals surface area contributed by atoms with E-state index >= 15 is 0 Å². The number of benzene rings is 2. The number of hydrogen-bond donors (Lipinski definition) is 0. The Morgan fingerprint density at radius 1 is 1.03 bits per heavy atom. The topological polar surface area (TPSA) is 51.0 Å². The molecule has 0 amide bonds. The summed E-state index contributed by atoms with van der Waals surface area (Å²) < 4.78 is 56.5. The lowest BCUT2D eigenvalue weighted by Crippen LogP contribution is -2.55. The fraction of sp³-hybridized carbons (Fsp3) is 0.276. The number of ketones is 1. The normalized spacial score (nSPS) is 21.3. The molecule has 10 heteroatoms. The molecule has 0 bridgehead atoms. The van der Waals surface area contributed by atoms with Crippen molar-refractivity contribution in [3.8, 4) is 5.69 Å². The number of carbonyl (C=O) groups excluding carboxylic acids is 1. The molecule has 4 aromatic rings. The molecule has 2 aromatic carbocycles. The minimum absolute atomic E-state index is 0.0138. The smallest absolute Gasteiger partial charge is 0.292 e. The highest BCUT2D eigenvalue weighted by molar-refractivity contribution is 7.97. The zero-order valence-corrected chi connectivity index (χ0v) is 21.6. The van der Waals surface area contributed by atoms with Crippen molar-refractivity contribution in [3.05, 3.63) is 107 Å². The number of fused-ring (bicyclic) bond motifs is 2. The van der Waals surface area contributed by atoms with Crippen LogP contribution in [0.1, 0.15) is 33.7 Å². The number of halogens is 4. The Morgan fingerprint density at radius 2 is 1.79 bits per heavy atom. The van der Waals surface area contributed by atoms with Gasteiger partial charge in [-0.05, 0) is 103 Å². The average molecular weight is 553 g/mol. The summed E-state index contributed by atoms with van der Waals surface area (Å²) in [4.78, 5) is 19.2. The van der Waals surface area contributed by atoms with Crippen molar-refractivity contribution in [1.82, 2.24) is 19.1 Å². The van der Waals surface area contributed by atoms with Crippen molar-refractivity contribution in [1.29, 1.82) is 0 Å². The lowest BCUT2D eigenvalue weighted by molar-refractivity contribution is -0.137. The molecule has 1 aliphatic carbocycles. The van der Waals surface area contributed by atoms with E-state index in [-0.39, 0.29) is 17.5 Å². The first-order valence-corrected chi connectivity index (χ1v) is 13.4. The summed E-state index contributed by atoms with van der Waals surface area (Å²) in [6, 6.07) is 16.6. The molecular formula is C29H24F4N4OS. The van der Waals surface area contributed by atoms with Crippen LogP contribution in [-0.4, -0.2) is 37.9 Å². The third-order valence-corrected chi connectivity index (χ3v) is 8.76. The van der Waals surface area contributed by atoms with Gasteiger partial charge in [0.05, 0.1) is 22.9 Å². The van der Waals surface area contributed by atoms with Crippen LogP contribution in [0.25, 0.3) is 5.69 Å². The van der Waals surface area contributed by atoms with E-state index in [2.05, 4.69) is 14.4 Å². The Hall–Kier alpha value is -3.50. The Morgan fingerprint density at radius 3 is 2.49 bits per heavy atom. The Bertz CT molecular complexity index is 1490. The Balaban J connectivity index is 1.33. The molecule has 5 nitrogen and oxygen atoms in total. The quantitative estimate of drug-likeness (QED) is 0.162. The number of carbonyl (C=O) groups is 1. The number of hydrogen-bond acceptors (Lipinski definition) is 5. The van der Waals surface area contributed by atoms with Crippen molar-refractivity contribution in [3.63, 3.8) is 0 Å². The molecule has 0 N–H and O–H groups in total. The molecule has 2 atom stereocenters. The molecular weight excluding hydrogens is 528 g/mol. The molecule has 3 heterocycles. The van der Waals surface area contributed by atoms with Gasteiger partial charge in [-0.2, -0.15) is 18.3 Å². The van der Waals surface area contributed by atoms with Gasteiger partial charge in [0.15, 0.2) is 5.78 Å². The highest BCUT2D eigenvalue weighted by atomic mass is 32.2. The molecule has 0 spiro atoms. The van der Waals surface area contributed by atoms with Crippen LogP contribution in [0.3, 0.4) is 0 Å². The van der Waals surface area contributed by atoms with E-state index in [1.165, 1.54) is 36.2 Å². The second kappa shape index (κ2) is 9.91. The van der Waals surface area contributed by atoms with Gasteiger partial charge in [-0.15, -0.1) is 0 Å². The van der Waals surface area contributed by atoms with E-state index in [4.69, 9.17) is 0 Å². The van der Waals surface area contributed by atoms with Crippen molar-refractivity contribution in [2.24, 2.45) is 11.3 Å². The van der Waals surface area contributed by atoms with Gasteiger partial charge in [-0.25, -0.2) is 13.4 Å². The molecule has 6 rings (SSSR count). The molecule has 39 heavy (non-hydrogen) atoms. The summed E-state index contributed by atoms with van der Waals surface area (Å²) in [5.74, 6) is -0.344. The van der Waals surface area contributed by atoms with Gasteiger partial charge in [0.2, 0.25) is 0 Å². The summed E-state index contributed by atoms with van der Waals surface area (Å²) in [7, 11) is 0. The molecule has 1 saturated heterocycles. The molecule has 1 fully saturated rings. The van der Waals surface area contributed by atoms with Crippen LogP contribution in [0.2, 0.25) is 0 Å². The second-order valence-corrected chi connectivity index (χ2v) is 11.2. The highest BCUT2D eigenvalue weighted by Crippen LogP contribution is 2.49. The monoisotopic (exact) mass is 552 g/mol. The van der Waals surface area contributed by atoms with E-state index in [1.807, 2.05) is 4.68 Å². The van der Waals surface area contributed by atoms with Crippen molar-refractivity contribution < 1.29 is 22.4 Å². The van der Waals surface area contributed by atoms with Crippen LogP contribution >= 0.6 is 11.9 Å². The molecule has 2 unspecified atom stereocenters. The fourth-order valence-corrected chi connectivity index (χ4v) is 6.82. The SMILES string of the molecule is O=C(c1ccccn1)C12Cc3cnn(-c4ccc(F)cc4)c3CC1CCN(Sc1ccc(C(F)(F)F)cc1)C2. The van der Waals surface area contributed by atoms with Crippen LogP contribution in [0.15, 0.2) is 84.0 Å². The summed E-state index contributed by atoms with van der Waals surface area (Å²) >= 11 is 1.37. The van der Waals surface area contributed by atoms with Crippen molar-refractivity contribution in [2.45, 2.75) is 30.3 Å². The van der Waals surface area contributed by atoms with E-state index in [1.54, 1.807) is 42.7 Å². The zero-order valence-electron chi connectivity index (χ0n) is 20.7. The first kappa shape index (κ1) is 25.8. The third kappa shape index (κ3) is 4.87. The molecule has 0 radical (unpaired) electrons. The van der Waals surface area contributed by atoms with E-state index in [0.717, 1.165) is 35.5 Å². The molecule has 1 aliphatic heterocycles. The van der Waals surface area contributed by atoms with Crippen LogP contribution in [-0.2, 0) is 19.0 Å². The summed E-state index contributed by atoms with van der Waals surface area (Å²) in [6.07, 6.45) is 0.818. The first-order valence-electron chi connectivity index (χ1n) is 12.6. The summed E-state index contributed by atoms with van der Waals surface area (Å²) in [6.45, 7) is 1.10. The van der Waals surface area contributed by atoms with Gasteiger partial charge in [0.25, 0.3) is 0 Å². The maximum atomic E-state index is 14.1. The van der Waals surface area contributed by atoms with Crippen molar-refractivity contribution >= 4 is 17.7 Å². The number of rotatable bonds is 5. The van der Waals surface area contributed by atoms with Crippen LogP contribution < -0.4 is 0 Å². The minimum Gasteiger partial charge on any atom is -0.292 e. The average Bonchev–Trinajstić information content (AvgIpc) is 3.34. The molecule has 200 valence electrons. The largest absolute Gasteiger partial charge is 0.416 e. The fourth-order valence-electron chi connectivity index (χ4n) is 5.77. The number of Topliss-reactive ketones (excluding diaryl/α,β-unsaturated/α-hetero) is 1. The van der Waals surface area contributed by atoms with E-state index in [0.29, 0.717) is 36.5 Å². The van der Waals surface area contributed by atoms with Gasteiger partial charge in [-0.1, -0.05) is 6.07 Å². The lowest BCUT2D eigenvalue weighted by atomic mass is 9.60. The number of piperidine rings is 1. The maximum Gasteiger partial charge on any atom is 0.416 e. The third-order valence-electron chi connectivity index (χ3n) is 7.71. The Kier molecular flexibility index (Phi) is 6.55. The number of pyridine rings is 1. The van der Waals surface area contributed by atoms with Crippen LogP contribution in [0.5, 0.6) is 0 Å². The van der Waals surface area contributed by atoms with Gasteiger partial charge in [0.1, 0.15) is 11.5 Å². The number of nitrogens with zero attached hydrogens (tertiary/aromatic N) is 4. The second-order valence-electron chi connectivity index (χ2n) is 10.0. The molecule has 2 aromatic heterocycles. The van der Waals surface area contributed by atoms with E-state index in [9.17, 15) is 22.4 Å². The first-order chi connectivity index (χ1) is 18.7. The Labute approximate surface area is 227 Å². The standard InChI is InChI=1S/C29H24F4N4OS/c30-22-6-8-23(9-7-22)37-26-15-21-12-14-36(39-24-10-4-20(5-11-24)29(31,32)33)18-28(21,16-19(26)17-35-37)27(38)25-3-1-2-13-34-25/h1-11,13,17,21H,12,14-16,18H2. The number of aromatic nitrogens is 3. The van der Waals surface area contributed by atoms with Gasteiger partial charge >= 0.3 is 6.18 Å². The van der Waals surface area contributed by atoms with E-state index < -0.39 is 17.2 Å². The van der Waals surface area contributed by atoms with Gasteiger partial charge in [0, 0.05) is 29.9 Å². The summed E-state index contributed by atoms with van der Waals surface area (Å²) in [5.41, 5.74) is 1.68. The summed E-state index contributed by atoms with van der Waals surface area (Å²) in [5, 5.41) is 4.59. The molecule has 0 saturated carbocycles. The predicted molar refractivity (Wildman–Crippen MR) is 139 cm³/mol. The van der Waals surface area contributed by atoms with Crippen LogP contribution in [0, 0.1) is 17.2 Å². The van der Waals surface area contributed by atoms with Crippen molar-refractivity contribution in [2.75, 3.05) is 13.1 Å². The molecule has 2 aliphatic rings. The van der Waals surface area contributed by atoms with Crippen LogP contribution in [0.4, 0.5) is 17.6 Å². The van der Waals surface area contributed by atoms with Gasteiger partial charge in [-0.3, -0.25) is 9.78 Å². The lowest BCUT2D eigenvalue weighted by Gasteiger charge is -2.49. The van der Waals surface area contributed by atoms with Gasteiger partial charge < -0.3 is 0 Å². The predicted octanol–water partition coefficient (Wildman–Crippen LogP) is 6.42. The minimum atomic E-state index is -4.39. The number of alkyl halides is 3. The zero-order chi connectivity index (χ0) is 27.2. The maximum absolute atomic E-state index is 14.1.